The third-order valence-corrected chi connectivity index (χ3v) is 5.37. The predicted molar refractivity (Wildman–Crippen MR) is 118 cm³/mol. The molecule has 0 saturated carbocycles. The zero-order chi connectivity index (χ0) is 21.8. The van der Waals surface area contributed by atoms with Crippen LogP contribution < -0.4 is 15.0 Å². The van der Waals surface area contributed by atoms with Crippen LogP contribution in [0.5, 0.6) is 5.75 Å². The number of benzene rings is 3. The lowest BCUT2D eigenvalue weighted by Crippen LogP contribution is -2.28. The van der Waals surface area contributed by atoms with Gasteiger partial charge in [-0.2, -0.15) is 0 Å². The van der Waals surface area contributed by atoms with Crippen molar-refractivity contribution in [1.29, 1.82) is 0 Å². The molecule has 3 aromatic carbocycles. The minimum Gasteiger partial charge on any atom is -0.489 e. The molecule has 0 spiro atoms. The number of carbonyl (C=O) groups excluding carboxylic acids is 2. The van der Waals surface area contributed by atoms with Crippen LogP contribution in [0.3, 0.4) is 0 Å². The van der Waals surface area contributed by atoms with Gasteiger partial charge in [0.05, 0.1) is 10.9 Å². The summed E-state index contributed by atoms with van der Waals surface area (Å²) in [6.45, 7) is 0.671. The first-order valence-electron chi connectivity index (χ1n) is 9.82. The molecule has 1 aliphatic rings. The molecule has 3 aromatic rings. The first-order chi connectivity index (χ1) is 15.0. The summed E-state index contributed by atoms with van der Waals surface area (Å²) in [6.07, 6.45) is 0.0824. The molecule has 1 aliphatic heterocycles. The average Bonchev–Trinajstić information content (AvgIpc) is 3.18. The monoisotopic (exact) mass is 438 g/mol. The van der Waals surface area contributed by atoms with Gasteiger partial charge < -0.3 is 15.0 Å². The number of halogens is 2. The third-order valence-electron chi connectivity index (χ3n) is 5.08. The van der Waals surface area contributed by atoms with Gasteiger partial charge in [0.25, 0.3) is 0 Å². The Morgan fingerprint density at radius 1 is 1.10 bits per heavy atom. The van der Waals surface area contributed by atoms with E-state index in [1.54, 1.807) is 24.3 Å². The topological polar surface area (TPSA) is 58.6 Å². The van der Waals surface area contributed by atoms with Crippen molar-refractivity contribution in [2.24, 2.45) is 5.92 Å². The highest BCUT2D eigenvalue weighted by Crippen LogP contribution is 2.29. The second-order valence-corrected chi connectivity index (χ2v) is 7.70. The van der Waals surface area contributed by atoms with Crippen molar-refractivity contribution in [1.82, 2.24) is 0 Å². The van der Waals surface area contributed by atoms with Crippen molar-refractivity contribution in [3.8, 4) is 5.75 Å². The van der Waals surface area contributed by atoms with Gasteiger partial charge in [0.15, 0.2) is 0 Å². The summed E-state index contributed by atoms with van der Waals surface area (Å²) < 4.78 is 19.1. The first kappa shape index (κ1) is 20.9. The molecule has 4 rings (SSSR count). The number of anilines is 2. The van der Waals surface area contributed by atoms with Gasteiger partial charge in [-0.3, -0.25) is 9.59 Å². The van der Waals surface area contributed by atoms with E-state index < -0.39 is 11.7 Å². The smallest absolute Gasteiger partial charge is 0.229 e. The summed E-state index contributed by atoms with van der Waals surface area (Å²) in [5.41, 5.74) is 2.16. The molecule has 0 aliphatic carbocycles. The fourth-order valence-electron chi connectivity index (χ4n) is 3.41. The molecule has 5 nitrogen and oxygen atoms in total. The highest BCUT2D eigenvalue weighted by atomic mass is 35.5. The van der Waals surface area contributed by atoms with E-state index in [0.717, 1.165) is 5.56 Å². The first-order valence-corrected chi connectivity index (χ1v) is 10.2. The third kappa shape index (κ3) is 5.03. The van der Waals surface area contributed by atoms with Gasteiger partial charge in [-0.25, -0.2) is 4.39 Å². The normalized spacial score (nSPS) is 15.7. The standard InChI is InChI=1S/C24H20ClFN2O3/c25-21-13-19(8-11-22(21)26)28-14-17(12-23(28)29)24(30)27-18-6-9-20(10-7-18)31-15-16-4-2-1-3-5-16/h1-11,13,17H,12,14-15H2,(H,27,30). The lowest BCUT2D eigenvalue weighted by atomic mass is 10.1. The molecule has 1 atom stereocenters. The Balaban J connectivity index is 1.34. The Labute approximate surface area is 184 Å². The maximum absolute atomic E-state index is 13.4. The predicted octanol–water partition coefficient (Wildman–Crippen LogP) is 5.05. The summed E-state index contributed by atoms with van der Waals surface area (Å²) >= 11 is 5.81. The second kappa shape index (κ2) is 9.18. The van der Waals surface area contributed by atoms with Crippen molar-refractivity contribution in [3.05, 3.63) is 89.2 Å². The van der Waals surface area contributed by atoms with Crippen LogP contribution in [0.2, 0.25) is 5.02 Å². The molecule has 0 aromatic heterocycles. The summed E-state index contributed by atoms with van der Waals surface area (Å²) in [7, 11) is 0. The molecule has 2 amide bonds. The zero-order valence-electron chi connectivity index (χ0n) is 16.6. The summed E-state index contributed by atoms with van der Waals surface area (Å²) in [4.78, 5) is 26.5. The zero-order valence-corrected chi connectivity index (χ0v) is 17.3. The van der Waals surface area contributed by atoms with Crippen molar-refractivity contribution in [3.63, 3.8) is 0 Å². The average molecular weight is 439 g/mol. The van der Waals surface area contributed by atoms with Gasteiger partial charge in [0.2, 0.25) is 11.8 Å². The Kier molecular flexibility index (Phi) is 6.18. The van der Waals surface area contributed by atoms with E-state index in [0.29, 0.717) is 23.7 Å². The highest BCUT2D eigenvalue weighted by Gasteiger charge is 2.35. The molecular formula is C24H20ClFN2O3. The number of nitrogens with one attached hydrogen (secondary N) is 1. The van der Waals surface area contributed by atoms with Crippen LogP contribution in [0.25, 0.3) is 0 Å². The van der Waals surface area contributed by atoms with E-state index >= 15 is 0 Å². The minimum atomic E-state index is -0.553. The molecule has 1 fully saturated rings. The van der Waals surface area contributed by atoms with Crippen molar-refractivity contribution < 1.29 is 18.7 Å². The summed E-state index contributed by atoms with van der Waals surface area (Å²) in [5.74, 6) is -0.820. The fraction of sp³-hybridized carbons (Fsp3) is 0.167. The molecule has 1 unspecified atom stereocenters. The molecule has 1 heterocycles. The number of ether oxygens (including phenoxy) is 1. The molecule has 31 heavy (non-hydrogen) atoms. The Morgan fingerprint density at radius 2 is 1.84 bits per heavy atom. The van der Waals surface area contributed by atoms with Gasteiger partial charge in [0, 0.05) is 24.3 Å². The van der Waals surface area contributed by atoms with Gasteiger partial charge in [-0.15, -0.1) is 0 Å². The molecule has 0 radical (unpaired) electrons. The number of hydrogen-bond acceptors (Lipinski definition) is 3. The maximum atomic E-state index is 13.4. The van der Waals surface area contributed by atoms with E-state index in [1.807, 2.05) is 30.3 Å². The molecular weight excluding hydrogens is 419 g/mol. The lowest BCUT2D eigenvalue weighted by Gasteiger charge is -2.17. The number of rotatable bonds is 6. The Bertz CT molecular complexity index is 1090. The largest absolute Gasteiger partial charge is 0.489 e. The fourth-order valence-corrected chi connectivity index (χ4v) is 3.58. The molecule has 158 valence electrons. The molecule has 0 bridgehead atoms. The van der Waals surface area contributed by atoms with Crippen LogP contribution in [0.1, 0.15) is 12.0 Å². The molecule has 7 heteroatoms. The molecule has 1 saturated heterocycles. The highest BCUT2D eigenvalue weighted by molar-refractivity contribution is 6.31. The van der Waals surface area contributed by atoms with E-state index in [4.69, 9.17) is 16.3 Å². The van der Waals surface area contributed by atoms with E-state index in [1.165, 1.54) is 23.1 Å². The van der Waals surface area contributed by atoms with E-state index in [2.05, 4.69) is 5.32 Å². The Morgan fingerprint density at radius 3 is 2.55 bits per heavy atom. The number of carbonyl (C=O) groups is 2. The van der Waals surface area contributed by atoms with Crippen LogP contribution in [-0.2, 0) is 16.2 Å². The van der Waals surface area contributed by atoms with Crippen molar-refractivity contribution >= 4 is 34.8 Å². The second-order valence-electron chi connectivity index (χ2n) is 7.29. The van der Waals surface area contributed by atoms with Crippen LogP contribution in [0.15, 0.2) is 72.8 Å². The summed E-state index contributed by atoms with van der Waals surface area (Å²) in [6, 6.07) is 21.0. The number of amides is 2. The van der Waals surface area contributed by atoms with Gasteiger partial charge in [-0.1, -0.05) is 41.9 Å². The maximum Gasteiger partial charge on any atom is 0.229 e. The summed E-state index contributed by atoms with van der Waals surface area (Å²) in [5, 5.41) is 2.78. The van der Waals surface area contributed by atoms with Crippen molar-refractivity contribution in [2.45, 2.75) is 13.0 Å². The number of hydrogen-bond donors (Lipinski definition) is 1. The lowest BCUT2D eigenvalue weighted by molar-refractivity contribution is -0.122. The van der Waals surface area contributed by atoms with Crippen LogP contribution in [0, 0.1) is 11.7 Å². The number of nitrogens with zero attached hydrogens (tertiary/aromatic N) is 1. The van der Waals surface area contributed by atoms with Crippen LogP contribution in [-0.4, -0.2) is 18.4 Å². The quantitative estimate of drug-likeness (QED) is 0.586. The van der Waals surface area contributed by atoms with Crippen LogP contribution >= 0.6 is 11.6 Å². The van der Waals surface area contributed by atoms with E-state index in [-0.39, 0.29) is 29.8 Å². The van der Waals surface area contributed by atoms with Crippen LogP contribution in [0.4, 0.5) is 15.8 Å². The van der Waals surface area contributed by atoms with Gasteiger partial charge in [-0.05, 0) is 48.0 Å². The van der Waals surface area contributed by atoms with Gasteiger partial charge >= 0.3 is 0 Å². The van der Waals surface area contributed by atoms with Crippen molar-refractivity contribution in [2.75, 3.05) is 16.8 Å². The Hall–Kier alpha value is -3.38. The molecule has 1 N–H and O–H groups in total. The minimum absolute atomic E-state index is 0.0622. The van der Waals surface area contributed by atoms with E-state index in [9.17, 15) is 14.0 Å². The van der Waals surface area contributed by atoms with Gasteiger partial charge in [0.1, 0.15) is 18.2 Å². The SMILES string of the molecule is O=C(Nc1ccc(OCc2ccccc2)cc1)C1CC(=O)N(c2ccc(F)c(Cl)c2)C1.